The second kappa shape index (κ2) is 6.97. The van der Waals surface area contributed by atoms with Crippen molar-refractivity contribution in [3.05, 3.63) is 34.5 Å². The maximum atomic E-state index is 12.6. The van der Waals surface area contributed by atoms with Gasteiger partial charge in [0, 0.05) is 37.2 Å². The Labute approximate surface area is 145 Å². The van der Waals surface area contributed by atoms with E-state index in [0.717, 1.165) is 31.5 Å². The molecule has 0 saturated carbocycles. The van der Waals surface area contributed by atoms with E-state index in [2.05, 4.69) is 14.9 Å². The van der Waals surface area contributed by atoms with E-state index in [9.17, 15) is 9.59 Å². The lowest BCUT2D eigenvalue weighted by molar-refractivity contribution is -0.137. The number of carbonyl (C=O) groups excluding carboxylic acids is 1. The van der Waals surface area contributed by atoms with Crippen molar-refractivity contribution < 1.29 is 9.53 Å². The van der Waals surface area contributed by atoms with Crippen molar-refractivity contribution in [2.75, 3.05) is 39.4 Å². The van der Waals surface area contributed by atoms with Crippen LogP contribution in [0, 0.1) is 0 Å². The van der Waals surface area contributed by atoms with Crippen LogP contribution >= 0.6 is 0 Å². The van der Waals surface area contributed by atoms with Crippen molar-refractivity contribution in [1.29, 1.82) is 0 Å². The minimum atomic E-state index is -0.0914. The summed E-state index contributed by atoms with van der Waals surface area (Å²) in [5.74, 6) is 0.687. The number of fused-ring (bicyclic) bond motifs is 1. The highest BCUT2D eigenvalue weighted by Gasteiger charge is 2.29. The Balaban J connectivity index is 1.55. The first kappa shape index (κ1) is 16.3. The highest BCUT2D eigenvalue weighted by Crippen LogP contribution is 2.29. The van der Waals surface area contributed by atoms with Gasteiger partial charge in [-0.1, -0.05) is 6.42 Å². The van der Waals surface area contributed by atoms with Crippen LogP contribution in [0.3, 0.4) is 0 Å². The molecule has 2 aromatic rings. The molecule has 0 spiro atoms. The van der Waals surface area contributed by atoms with E-state index < -0.39 is 0 Å². The standard InChI is InChI=1S/C17H23N5O3/c23-15-11-13(19-17-18-4-6-22(15)17)14-3-1-2-5-21(14)12-16(24)20-7-9-25-10-8-20/h4,6,11,14H,1-3,5,7-10,12H2,(H,18,19)/t14-/m1/s1. The van der Waals surface area contributed by atoms with Crippen molar-refractivity contribution in [3.63, 3.8) is 0 Å². The van der Waals surface area contributed by atoms with Crippen molar-refractivity contribution in [1.82, 2.24) is 24.2 Å². The molecule has 0 aromatic carbocycles. The molecule has 1 amide bonds. The number of aromatic nitrogens is 3. The molecule has 0 aliphatic carbocycles. The minimum absolute atomic E-state index is 0.0492. The number of nitrogens with zero attached hydrogens (tertiary/aromatic N) is 4. The average Bonchev–Trinajstić information content (AvgIpc) is 3.12. The summed E-state index contributed by atoms with van der Waals surface area (Å²) in [7, 11) is 0. The van der Waals surface area contributed by atoms with Gasteiger partial charge in [0.05, 0.1) is 25.8 Å². The van der Waals surface area contributed by atoms with Crippen molar-refractivity contribution in [2.45, 2.75) is 25.3 Å². The van der Waals surface area contributed by atoms with E-state index in [4.69, 9.17) is 4.74 Å². The summed E-state index contributed by atoms with van der Waals surface area (Å²) < 4.78 is 6.82. The van der Waals surface area contributed by atoms with Crippen molar-refractivity contribution in [3.8, 4) is 0 Å². The Bertz CT molecular complexity index is 808. The summed E-state index contributed by atoms with van der Waals surface area (Å²) >= 11 is 0. The van der Waals surface area contributed by atoms with Crippen LogP contribution in [0.25, 0.3) is 5.78 Å². The molecular weight excluding hydrogens is 322 g/mol. The van der Waals surface area contributed by atoms with Gasteiger partial charge in [0.2, 0.25) is 11.7 Å². The fourth-order valence-electron chi connectivity index (χ4n) is 3.74. The first-order chi connectivity index (χ1) is 12.2. The molecule has 1 N–H and O–H groups in total. The van der Waals surface area contributed by atoms with Gasteiger partial charge >= 0.3 is 0 Å². The lowest BCUT2D eigenvalue weighted by Crippen LogP contribution is -2.47. The number of carbonyl (C=O) groups is 1. The van der Waals surface area contributed by atoms with Gasteiger partial charge in [0.15, 0.2) is 0 Å². The van der Waals surface area contributed by atoms with Gasteiger partial charge in [-0.05, 0) is 19.4 Å². The Morgan fingerprint density at radius 1 is 1.28 bits per heavy atom. The van der Waals surface area contributed by atoms with Gasteiger partial charge in [0.1, 0.15) is 0 Å². The second-order valence-electron chi connectivity index (χ2n) is 6.66. The molecule has 0 unspecified atom stereocenters. The minimum Gasteiger partial charge on any atom is -0.378 e. The van der Waals surface area contributed by atoms with Crippen LogP contribution in [0.5, 0.6) is 0 Å². The van der Waals surface area contributed by atoms with E-state index in [1.807, 2.05) is 4.90 Å². The summed E-state index contributed by atoms with van der Waals surface area (Å²) in [4.78, 5) is 36.4. The highest BCUT2D eigenvalue weighted by molar-refractivity contribution is 5.78. The van der Waals surface area contributed by atoms with Gasteiger partial charge < -0.3 is 14.6 Å². The number of hydrogen-bond acceptors (Lipinski definition) is 5. The third kappa shape index (κ3) is 3.32. The quantitative estimate of drug-likeness (QED) is 0.871. The summed E-state index contributed by atoms with van der Waals surface area (Å²) in [6.45, 7) is 3.79. The molecule has 8 nitrogen and oxygen atoms in total. The average molecular weight is 345 g/mol. The lowest BCUT2D eigenvalue weighted by Gasteiger charge is -2.37. The number of morpholine rings is 1. The van der Waals surface area contributed by atoms with Crippen LogP contribution in [0.2, 0.25) is 0 Å². The molecule has 1 atom stereocenters. The number of piperidine rings is 1. The Hall–Kier alpha value is -2.19. The summed E-state index contributed by atoms with van der Waals surface area (Å²) in [6.07, 6.45) is 6.36. The first-order valence-corrected chi connectivity index (χ1v) is 8.88. The number of likely N-dealkylation sites (tertiary alicyclic amines) is 1. The zero-order valence-corrected chi connectivity index (χ0v) is 14.2. The normalized spacial score (nSPS) is 22.4. The maximum absolute atomic E-state index is 12.6. The number of nitrogens with one attached hydrogen (secondary N) is 1. The van der Waals surface area contributed by atoms with Crippen LogP contribution in [0.4, 0.5) is 0 Å². The van der Waals surface area contributed by atoms with E-state index in [0.29, 0.717) is 38.6 Å². The van der Waals surface area contributed by atoms with Crippen LogP contribution < -0.4 is 5.56 Å². The molecule has 0 radical (unpaired) electrons. The topological polar surface area (TPSA) is 82.9 Å². The third-order valence-electron chi connectivity index (χ3n) is 5.09. The summed E-state index contributed by atoms with van der Waals surface area (Å²) in [6, 6.07) is 1.68. The first-order valence-electron chi connectivity index (χ1n) is 8.88. The van der Waals surface area contributed by atoms with Gasteiger partial charge in [-0.3, -0.25) is 18.9 Å². The molecule has 8 heteroatoms. The summed E-state index contributed by atoms with van der Waals surface area (Å²) in [5.41, 5.74) is 0.754. The van der Waals surface area contributed by atoms with Gasteiger partial charge in [0.25, 0.3) is 5.56 Å². The highest BCUT2D eigenvalue weighted by atomic mass is 16.5. The van der Waals surface area contributed by atoms with E-state index in [1.54, 1.807) is 18.5 Å². The Morgan fingerprint density at radius 3 is 2.96 bits per heavy atom. The van der Waals surface area contributed by atoms with E-state index in [1.165, 1.54) is 4.40 Å². The van der Waals surface area contributed by atoms with Crippen LogP contribution in [0.1, 0.15) is 31.0 Å². The number of aromatic amines is 1. The molecule has 25 heavy (non-hydrogen) atoms. The number of imidazole rings is 1. The molecule has 2 saturated heterocycles. The number of hydrogen-bond donors (Lipinski definition) is 1. The summed E-state index contributed by atoms with van der Waals surface area (Å²) in [5, 5.41) is 0. The van der Waals surface area contributed by atoms with Crippen LogP contribution in [0.15, 0.2) is 23.3 Å². The maximum Gasteiger partial charge on any atom is 0.259 e. The Morgan fingerprint density at radius 2 is 2.12 bits per heavy atom. The van der Waals surface area contributed by atoms with E-state index in [-0.39, 0.29) is 17.5 Å². The van der Waals surface area contributed by atoms with Crippen molar-refractivity contribution in [2.24, 2.45) is 0 Å². The molecule has 2 aliphatic rings. The molecule has 134 valence electrons. The number of ether oxygens (including phenoxy) is 1. The number of rotatable bonds is 3. The molecule has 2 fully saturated rings. The predicted octanol–water partition coefficient (Wildman–Crippen LogP) is 0.408. The SMILES string of the molecule is O=C(CN1CCCC[C@@H]1c1cc(=O)n2ccnc2[nH]1)N1CCOCC1. The van der Waals surface area contributed by atoms with Gasteiger partial charge in [-0.2, -0.15) is 0 Å². The molecule has 2 aliphatic heterocycles. The number of H-pyrrole nitrogens is 1. The number of amides is 1. The van der Waals surface area contributed by atoms with Crippen LogP contribution in [-0.4, -0.2) is 69.5 Å². The third-order valence-corrected chi connectivity index (χ3v) is 5.09. The molecule has 0 bridgehead atoms. The van der Waals surface area contributed by atoms with E-state index >= 15 is 0 Å². The monoisotopic (exact) mass is 345 g/mol. The molecule has 4 rings (SSSR count). The molecular formula is C17H23N5O3. The second-order valence-corrected chi connectivity index (χ2v) is 6.66. The molecule has 4 heterocycles. The lowest BCUT2D eigenvalue weighted by atomic mass is 9.99. The smallest absolute Gasteiger partial charge is 0.259 e. The van der Waals surface area contributed by atoms with Crippen molar-refractivity contribution >= 4 is 11.7 Å². The van der Waals surface area contributed by atoms with Crippen LogP contribution in [-0.2, 0) is 9.53 Å². The molecule has 2 aromatic heterocycles. The predicted molar refractivity (Wildman–Crippen MR) is 91.4 cm³/mol. The zero-order chi connectivity index (χ0) is 17.2. The fourth-order valence-corrected chi connectivity index (χ4v) is 3.74. The fraction of sp³-hybridized carbons (Fsp3) is 0.588. The Kier molecular flexibility index (Phi) is 4.54. The zero-order valence-electron chi connectivity index (χ0n) is 14.2. The van der Waals surface area contributed by atoms with Gasteiger partial charge in [-0.25, -0.2) is 4.98 Å². The largest absolute Gasteiger partial charge is 0.378 e. The van der Waals surface area contributed by atoms with Gasteiger partial charge in [-0.15, -0.1) is 0 Å².